The summed E-state index contributed by atoms with van der Waals surface area (Å²) in [7, 11) is 0. The summed E-state index contributed by atoms with van der Waals surface area (Å²) in [5.74, 6) is -4.12. The number of hydrogen-bond donors (Lipinski definition) is 1. The van der Waals surface area contributed by atoms with Crippen LogP contribution in [0.25, 0.3) is 0 Å². The number of esters is 1. The third kappa shape index (κ3) is 6.57. The predicted octanol–water partition coefficient (Wildman–Crippen LogP) is 7.57. The molecule has 228 valence electrons. The molecule has 3 amide bonds. The maximum absolute atomic E-state index is 13.5. The van der Waals surface area contributed by atoms with Gasteiger partial charge in [0.2, 0.25) is 0 Å². The van der Waals surface area contributed by atoms with Gasteiger partial charge in [0, 0.05) is 22.6 Å². The van der Waals surface area contributed by atoms with Gasteiger partial charge >= 0.3 is 5.97 Å². The standard InChI is InChI=1S/C32H19Cl5N2O6/c33-18-11-12-20(19(14-18)29(41)17-9-5-2-6-10-17)38-22(40)15-45-32(44)21(13-16-7-3-1-4-8-16)39-30(42)23-24(31(39)43)26(35)28(37)27(36)25(23)34/h1-12,14,21H,13,15H2,(H,38,40)/t21-/m0/s1. The third-order valence-electron chi connectivity index (χ3n) is 6.87. The van der Waals surface area contributed by atoms with Gasteiger partial charge in [0.1, 0.15) is 6.04 Å². The van der Waals surface area contributed by atoms with Crippen LogP contribution in [0.4, 0.5) is 5.69 Å². The van der Waals surface area contributed by atoms with Crippen molar-refractivity contribution in [3.63, 3.8) is 0 Å². The van der Waals surface area contributed by atoms with Gasteiger partial charge in [0.15, 0.2) is 12.4 Å². The zero-order chi connectivity index (χ0) is 32.4. The van der Waals surface area contributed by atoms with Crippen LogP contribution in [0.15, 0.2) is 78.9 Å². The number of ketones is 1. The molecule has 0 saturated carbocycles. The van der Waals surface area contributed by atoms with Gasteiger partial charge in [-0.3, -0.25) is 24.1 Å². The summed E-state index contributed by atoms with van der Waals surface area (Å²) in [5.41, 5.74) is 0.597. The Bertz CT molecular complexity index is 1820. The van der Waals surface area contributed by atoms with E-state index in [4.69, 9.17) is 62.7 Å². The van der Waals surface area contributed by atoms with Crippen LogP contribution >= 0.6 is 58.0 Å². The van der Waals surface area contributed by atoms with Crippen molar-refractivity contribution < 1.29 is 28.7 Å². The van der Waals surface area contributed by atoms with Crippen LogP contribution in [-0.2, 0) is 20.7 Å². The minimum Gasteiger partial charge on any atom is -0.454 e. The lowest BCUT2D eigenvalue weighted by Crippen LogP contribution is -2.47. The number of rotatable bonds is 9. The average Bonchev–Trinajstić information content (AvgIpc) is 3.31. The van der Waals surface area contributed by atoms with Crippen molar-refractivity contribution in [2.75, 3.05) is 11.9 Å². The fourth-order valence-electron chi connectivity index (χ4n) is 4.74. The summed E-state index contributed by atoms with van der Waals surface area (Å²) in [6.07, 6.45) is -0.156. The zero-order valence-corrected chi connectivity index (χ0v) is 26.6. The van der Waals surface area contributed by atoms with E-state index in [1.165, 1.54) is 18.2 Å². The Balaban J connectivity index is 1.38. The Morgan fingerprint density at radius 2 is 1.29 bits per heavy atom. The summed E-state index contributed by atoms with van der Waals surface area (Å²) >= 11 is 30.9. The molecular weight excluding hydrogens is 686 g/mol. The van der Waals surface area contributed by atoms with Crippen molar-refractivity contribution in [1.29, 1.82) is 0 Å². The maximum Gasteiger partial charge on any atom is 0.330 e. The van der Waals surface area contributed by atoms with Crippen molar-refractivity contribution >= 4 is 93.2 Å². The summed E-state index contributed by atoms with van der Waals surface area (Å²) in [4.78, 5) is 67.3. The molecule has 1 aliphatic heterocycles. The largest absolute Gasteiger partial charge is 0.454 e. The van der Waals surface area contributed by atoms with Gasteiger partial charge in [0.25, 0.3) is 17.7 Å². The first kappa shape index (κ1) is 32.5. The van der Waals surface area contributed by atoms with E-state index < -0.39 is 42.1 Å². The summed E-state index contributed by atoms with van der Waals surface area (Å²) in [5, 5.41) is 1.78. The maximum atomic E-state index is 13.5. The lowest BCUT2D eigenvalue weighted by Gasteiger charge is -2.24. The number of carbonyl (C=O) groups is 5. The number of hydrogen-bond acceptors (Lipinski definition) is 6. The van der Waals surface area contributed by atoms with Crippen LogP contribution in [0.2, 0.25) is 25.1 Å². The van der Waals surface area contributed by atoms with Crippen LogP contribution in [0.5, 0.6) is 0 Å². The van der Waals surface area contributed by atoms with E-state index in [-0.39, 0.29) is 53.9 Å². The number of ether oxygens (including phenoxy) is 1. The molecule has 0 aliphatic carbocycles. The van der Waals surface area contributed by atoms with Crippen molar-refractivity contribution in [2.45, 2.75) is 12.5 Å². The highest BCUT2D eigenvalue weighted by Gasteiger charge is 2.47. The Labute approximate surface area is 281 Å². The molecule has 1 heterocycles. The van der Waals surface area contributed by atoms with Crippen LogP contribution < -0.4 is 5.32 Å². The summed E-state index contributed by atoms with van der Waals surface area (Å²) in [6.45, 7) is -0.811. The van der Waals surface area contributed by atoms with Crippen molar-refractivity contribution in [3.8, 4) is 0 Å². The molecule has 1 N–H and O–H groups in total. The second kappa shape index (κ2) is 13.6. The molecular formula is C32H19Cl5N2O6. The number of halogens is 5. The fraction of sp³-hybridized carbons (Fsp3) is 0.0938. The number of anilines is 1. The van der Waals surface area contributed by atoms with Crippen LogP contribution in [0.3, 0.4) is 0 Å². The molecule has 0 radical (unpaired) electrons. The first-order valence-corrected chi connectivity index (χ1v) is 15.0. The van der Waals surface area contributed by atoms with Gasteiger partial charge in [-0.2, -0.15) is 0 Å². The number of carbonyl (C=O) groups excluding carboxylic acids is 5. The monoisotopic (exact) mass is 702 g/mol. The van der Waals surface area contributed by atoms with Crippen LogP contribution in [-0.4, -0.2) is 47.0 Å². The van der Waals surface area contributed by atoms with Gasteiger partial charge in [-0.25, -0.2) is 4.79 Å². The number of imide groups is 1. The Morgan fingerprint density at radius 1 is 0.733 bits per heavy atom. The first-order valence-electron chi connectivity index (χ1n) is 13.1. The topological polar surface area (TPSA) is 110 Å². The Hall–Kier alpha value is -3.92. The van der Waals surface area contributed by atoms with E-state index in [0.29, 0.717) is 16.0 Å². The molecule has 1 atom stereocenters. The highest BCUT2D eigenvalue weighted by atomic mass is 35.5. The smallest absolute Gasteiger partial charge is 0.330 e. The van der Waals surface area contributed by atoms with Gasteiger partial charge in [0.05, 0.1) is 36.9 Å². The molecule has 8 nitrogen and oxygen atoms in total. The normalized spacial score (nSPS) is 13.0. The highest BCUT2D eigenvalue weighted by Crippen LogP contribution is 2.45. The lowest BCUT2D eigenvalue weighted by atomic mass is 10.0. The Morgan fingerprint density at radius 3 is 1.87 bits per heavy atom. The minimum absolute atomic E-state index is 0.118. The van der Waals surface area contributed by atoms with Crippen molar-refractivity contribution in [1.82, 2.24) is 4.90 Å². The average molecular weight is 705 g/mol. The van der Waals surface area contributed by atoms with E-state index in [1.807, 2.05) is 0 Å². The molecule has 4 aromatic rings. The van der Waals surface area contributed by atoms with E-state index in [0.717, 1.165) is 0 Å². The molecule has 4 aromatic carbocycles. The van der Waals surface area contributed by atoms with Gasteiger partial charge in [-0.1, -0.05) is 119 Å². The summed E-state index contributed by atoms with van der Waals surface area (Å²) in [6, 6.07) is 19.7. The molecule has 0 fully saturated rings. The molecule has 1 aliphatic rings. The van der Waals surface area contributed by atoms with Crippen LogP contribution in [0.1, 0.15) is 42.2 Å². The third-order valence-corrected chi connectivity index (χ3v) is 8.91. The number of nitrogens with one attached hydrogen (secondary N) is 1. The second-order valence-electron chi connectivity index (χ2n) is 9.73. The number of nitrogens with zero attached hydrogens (tertiary/aromatic N) is 1. The number of fused-ring (bicyclic) bond motifs is 1. The van der Waals surface area contributed by atoms with E-state index in [2.05, 4.69) is 5.32 Å². The molecule has 0 saturated heterocycles. The number of benzene rings is 4. The summed E-state index contributed by atoms with van der Waals surface area (Å²) < 4.78 is 5.31. The molecule has 45 heavy (non-hydrogen) atoms. The second-order valence-corrected chi connectivity index (χ2v) is 11.7. The molecule has 13 heteroatoms. The fourth-order valence-corrected chi connectivity index (χ4v) is 5.93. The number of amides is 3. The molecule has 0 bridgehead atoms. The molecule has 0 spiro atoms. The minimum atomic E-state index is -1.52. The van der Waals surface area contributed by atoms with Gasteiger partial charge in [-0.05, 0) is 23.8 Å². The van der Waals surface area contributed by atoms with E-state index >= 15 is 0 Å². The van der Waals surface area contributed by atoms with E-state index in [9.17, 15) is 24.0 Å². The van der Waals surface area contributed by atoms with E-state index in [1.54, 1.807) is 60.7 Å². The lowest BCUT2D eigenvalue weighted by molar-refractivity contribution is -0.151. The Kier molecular flexibility index (Phi) is 9.82. The quantitative estimate of drug-likeness (QED) is 0.0633. The van der Waals surface area contributed by atoms with Crippen molar-refractivity contribution in [3.05, 3.63) is 132 Å². The first-order chi connectivity index (χ1) is 21.5. The van der Waals surface area contributed by atoms with Gasteiger partial charge in [-0.15, -0.1) is 0 Å². The highest BCUT2D eigenvalue weighted by molar-refractivity contribution is 6.55. The van der Waals surface area contributed by atoms with Crippen molar-refractivity contribution in [2.24, 2.45) is 0 Å². The molecule has 0 aromatic heterocycles. The van der Waals surface area contributed by atoms with Gasteiger partial charge < -0.3 is 10.1 Å². The van der Waals surface area contributed by atoms with Crippen LogP contribution in [0, 0.1) is 0 Å². The predicted molar refractivity (Wildman–Crippen MR) is 172 cm³/mol. The zero-order valence-electron chi connectivity index (χ0n) is 22.8. The molecule has 5 rings (SSSR count). The SMILES string of the molecule is O=C(COC(=O)[C@H](Cc1ccccc1)N1C(=O)c2c(Cl)c(Cl)c(Cl)c(Cl)c2C1=O)Nc1ccc(Cl)cc1C(=O)c1ccccc1. The molecule has 0 unspecified atom stereocenters.